The zero-order chi connectivity index (χ0) is 13.1. The Labute approximate surface area is 101 Å². The van der Waals surface area contributed by atoms with Gasteiger partial charge in [-0.3, -0.25) is 4.79 Å². The quantitative estimate of drug-likeness (QED) is 0.811. The van der Waals surface area contributed by atoms with Gasteiger partial charge in [0.25, 0.3) is 5.91 Å². The zero-order valence-electron chi connectivity index (χ0n) is 9.11. The van der Waals surface area contributed by atoms with Crippen LogP contribution < -0.4 is 11.1 Å². The van der Waals surface area contributed by atoms with Crippen LogP contribution in [-0.4, -0.2) is 11.1 Å². The van der Waals surface area contributed by atoms with E-state index >= 15 is 0 Å². The summed E-state index contributed by atoms with van der Waals surface area (Å²) in [5.74, 6) is -2.58. The SMILES string of the molecule is Nc1cc(C(=O)NCc2ccon2)c(F)cc1F. The average molecular weight is 253 g/mol. The van der Waals surface area contributed by atoms with Crippen molar-refractivity contribution in [2.24, 2.45) is 0 Å². The molecule has 2 aromatic rings. The van der Waals surface area contributed by atoms with Gasteiger partial charge in [0.2, 0.25) is 0 Å². The van der Waals surface area contributed by atoms with E-state index in [-0.39, 0.29) is 17.8 Å². The predicted molar refractivity (Wildman–Crippen MR) is 58.4 cm³/mol. The van der Waals surface area contributed by atoms with Crippen LogP contribution in [0, 0.1) is 11.6 Å². The van der Waals surface area contributed by atoms with E-state index in [2.05, 4.69) is 15.0 Å². The van der Waals surface area contributed by atoms with E-state index in [0.717, 1.165) is 6.07 Å². The van der Waals surface area contributed by atoms with E-state index in [0.29, 0.717) is 11.8 Å². The number of nitrogens with two attached hydrogens (primary N) is 1. The van der Waals surface area contributed by atoms with Crippen molar-refractivity contribution in [2.45, 2.75) is 6.54 Å². The molecule has 1 amide bonds. The largest absolute Gasteiger partial charge is 0.396 e. The van der Waals surface area contributed by atoms with E-state index < -0.39 is 17.5 Å². The van der Waals surface area contributed by atoms with Gasteiger partial charge in [0.1, 0.15) is 23.6 Å². The molecule has 2 rings (SSSR count). The molecule has 0 spiro atoms. The number of hydrogen-bond donors (Lipinski definition) is 2. The maximum atomic E-state index is 13.4. The first kappa shape index (κ1) is 12.0. The second-order valence-corrected chi connectivity index (χ2v) is 3.53. The number of nitrogens with one attached hydrogen (secondary N) is 1. The fraction of sp³-hybridized carbons (Fsp3) is 0.0909. The molecular formula is C11H9F2N3O2. The van der Waals surface area contributed by atoms with Crippen molar-refractivity contribution in [3.05, 3.63) is 47.4 Å². The van der Waals surface area contributed by atoms with Crippen LogP contribution in [0.4, 0.5) is 14.5 Å². The summed E-state index contributed by atoms with van der Waals surface area (Å²) in [5, 5.41) is 5.98. The molecule has 0 saturated heterocycles. The van der Waals surface area contributed by atoms with Crippen molar-refractivity contribution in [1.29, 1.82) is 0 Å². The van der Waals surface area contributed by atoms with Crippen molar-refractivity contribution in [2.75, 3.05) is 5.73 Å². The first-order valence-corrected chi connectivity index (χ1v) is 5.00. The number of rotatable bonds is 3. The molecule has 3 N–H and O–H groups in total. The van der Waals surface area contributed by atoms with Crippen LogP contribution in [0.1, 0.15) is 16.1 Å². The maximum Gasteiger partial charge on any atom is 0.254 e. The van der Waals surface area contributed by atoms with Crippen LogP contribution >= 0.6 is 0 Å². The molecule has 94 valence electrons. The highest BCUT2D eigenvalue weighted by Crippen LogP contribution is 2.16. The Kier molecular flexibility index (Phi) is 3.22. The molecule has 0 aliphatic rings. The minimum Gasteiger partial charge on any atom is -0.396 e. The lowest BCUT2D eigenvalue weighted by Gasteiger charge is -2.06. The molecule has 1 aromatic heterocycles. The molecule has 1 aromatic carbocycles. The smallest absolute Gasteiger partial charge is 0.254 e. The van der Waals surface area contributed by atoms with E-state index in [4.69, 9.17) is 5.73 Å². The zero-order valence-corrected chi connectivity index (χ0v) is 9.11. The number of aromatic nitrogens is 1. The van der Waals surface area contributed by atoms with Gasteiger partial charge in [-0.05, 0) is 6.07 Å². The number of carbonyl (C=O) groups is 1. The van der Waals surface area contributed by atoms with E-state index in [9.17, 15) is 13.6 Å². The van der Waals surface area contributed by atoms with Gasteiger partial charge in [-0.1, -0.05) is 5.16 Å². The molecular weight excluding hydrogens is 244 g/mol. The highest BCUT2D eigenvalue weighted by Gasteiger charge is 2.15. The predicted octanol–water partition coefficient (Wildman–Crippen LogP) is 1.47. The fourth-order valence-electron chi connectivity index (χ4n) is 1.33. The summed E-state index contributed by atoms with van der Waals surface area (Å²) in [4.78, 5) is 11.6. The van der Waals surface area contributed by atoms with Crippen LogP contribution in [0.3, 0.4) is 0 Å². The van der Waals surface area contributed by atoms with Gasteiger partial charge >= 0.3 is 0 Å². The van der Waals surface area contributed by atoms with Gasteiger partial charge in [0.15, 0.2) is 0 Å². The number of amides is 1. The van der Waals surface area contributed by atoms with Gasteiger partial charge in [-0.15, -0.1) is 0 Å². The lowest BCUT2D eigenvalue weighted by molar-refractivity contribution is 0.0946. The molecule has 0 bridgehead atoms. The molecule has 18 heavy (non-hydrogen) atoms. The summed E-state index contributed by atoms with van der Waals surface area (Å²) >= 11 is 0. The number of anilines is 1. The monoisotopic (exact) mass is 253 g/mol. The van der Waals surface area contributed by atoms with Crippen LogP contribution in [0.5, 0.6) is 0 Å². The Morgan fingerprint density at radius 1 is 1.39 bits per heavy atom. The Bertz CT molecular complexity index is 570. The molecule has 5 nitrogen and oxygen atoms in total. The average Bonchev–Trinajstić information content (AvgIpc) is 2.84. The number of carbonyl (C=O) groups excluding carboxylic acids is 1. The number of hydrogen-bond acceptors (Lipinski definition) is 4. The molecule has 0 saturated carbocycles. The standard InChI is InChI=1S/C11H9F2N3O2/c12-8-4-9(13)10(14)3-7(8)11(17)15-5-6-1-2-18-16-6/h1-4H,5,14H2,(H,15,17). The molecule has 7 heteroatoms. The van der Waals surface area contributed by atoms with Crippen LogP contribution in [0.2, 0.25) is 0 Å². The number of nitrogens with zero attached hydrogens (tertiary/aromatic N) is 1. The highest BCUT2D eigenvalue weighted by atomic mass is 19.1. The lowest BCUT2D eigenvalue weighted by Crippen LogP contribution is -2.24. The summed E-state index contributed by atoms with van der Waals surface area (Å²) in [5.41, 5.74) is 5.14. The molecule has 1 heterocycles. The summed E-state index contributed by atoms with van der Waals surface area (Å²) in [7, 11) is 0. The lowest BCUT2D eigenvalue weighted by atomic mass is 10.1. The molecule has 0 unspecified atom stereocenters. The Balaban J connectivity index is 2.11. The Hall–Kier alpha value is -2.44. The van der Waals surface area contributed by atoms with Crippen LogP contribution in [0.25, 0.3) is 0 Å². The second-order valence-electron chi connectivity index (χ2n) is 3.53. The van der Waals surface area contributed by atoms with E-state index in [1.807, 2.05) is 0 Å². The molecule has 0 aliphatic heterocycles. The third-order valence-corrected chi connectivity index (χ3v) is 2.25. The molecule has 0 fully saturated rings. The number of benzene rings is 1. The van der Waals surface area contributed by atoms with Gasteiger partial charge in [0, 0.05) is 12.1 Å². The normalized spacial score (nSPS) is 10.3. The molecule has 0 aliphatic carbocycles. The second kappa shape index (κ2) is 4.82. The fourth-order valence-corrected chi connectivity index (χ4v) is 1.33. The third kappa shape index (κ3) is 2.45. The van der Waals surface area contributed by atoms with Crippen molar-refractivity contribution in [1.82, 2.24) is 10.5 Å². The van der Waals surface area contributed by atoms with Crippen LogP contribution in [0.15, 0.2) is 29.0 Å². The minimum absolute atomic E-state index is 0.0755. The van der Waals surface area contributed by atoms with Crippen molar-refractivity contribution in [3.8, 4) is 0 Å². The van der Waals surface area contributed by atoms with Gasteiger partial charge in [0.05, 0.1) is 17.8 Å². The maximum absolute atomic E-state index is 13.4. The molecule has 0 atom stereocenters. The minimum atomic E-state index is -0.973. The van der Waals surface area contributed by atoms with Crippen molar-refractivity contribution < 1.29 is 18.1 Å². The van der Waals surface area contributed by atoms with Gasteiger partial charge in [-0.25, -0.2) is 8.78 Å². The Morgan fingerprint density at radius 2 is 2.17 bits per heavy atom. The number of nitrogen functional groups attached to an aromatic ring is 1. The number of halogens is 2. The summed E-state index contributed by atoms with van der Waals surface area (Å²) in [6.07, 6.45) is 1.35. The topological polar surface area (TPSA) is 81.2 Å². The Morgan fingerprint density at radius 3 is 2.83 bits per heavy atom. The summed E-state index contributed by atoms with van der Waals surface area (Å²) < 4.78 is 30.8. The summed E-state index contributed by atoms with van der Waals surface area (Å²) in [6.45, 7) is 0.0755. The van der Waals surface area contributed by atoms with Crippen molar-refractivity contribution in [3.63, 3.8) is 0 Å². The van der Waals surface area contributed by atoms with Crippen LogP contribution in [-0.2, 0) is 6.54 Å². The van der Waals surface area contributed by atoms with E-state index in [1.165, 1.54) is 6.26 Å². The van der Waals surface area contributed by atoms with Gasteiger partial charge < -0.3 is 15.6 Å². The third-order valence-electron chi connectivity index (χ3n) is 2.25. The van der Waals surface area contributed by atoms with Gasteiger partial charge in [-0.2, -0.15) is 0 Å². The molecule has 0 radical (unpaired) electrons. The first-order valence-electron chi connectivity index (χ1n) is 5.00. The first-order chi connectivity index (χ1) is 8.58. The highest BCUT2D eigenvalue weighted by molar-refractivity contribution is 5.95. The van der Waals surface area contributed by atoms with E-state index in [1.54, 1.807) is 6.07 Å². The summed E-state index contributed by atoms with van der Waals surface area (Å²) in [6, 6.07) is 3.07. The van der Waals surface area contributed by atoms with Crippen molar-refractivity contribution >= 4 is 11.6 Å².